The maximum atomic E-state index is 12.9. The van der Waals surface area contributed by atoms with Gasteiger partial charge in [0.25, 0.3) is 5.91 Å². The van der Waals surface area contributed by atoms with Gasteiger partial charge in [0.2, 0.25) is 0 Å². The summed E-state index contributed by atoms with van der Waals surface area (Å²) in [6.07, 6.45) is 1.74. The minimum absolute atomic E-state index is 0.0652. The van der Waals surface area contributed by atoms with Crippen molar-refractivity contribution < 1.29 is 4.79 Å². The van der Waals surface area contributed by atoms with E-state index in [0.29, 0.717) is 17.8 Å². The van der Waals surface area contributed by atoms with Crippen LogP contribution in [-0.2, 0) is 0 Å². The summed E-state index contributed by atoms with van der Waals surface area (Å²) >= 11 is 1.54. The van der Waals surface area contributed by atoms with Crippen molar-refractivity contribution in [2.45, 2.75) is 6.92 Å². The van der Waals surface area contributed by atoms with E-state index in [2.05, 4.69) is 5.10 Å². The quantitative estimate of drug-likeness (QED) is 0.669. The lowest BCUT2D eigenvalue weighted by Gasteiger charge is -2.16. The summed E-state index contributed by atoms with van der Waals surface area (Å²) in [6.45, 7) is 2.41. The standard InChI is InChI=1S/C18H16N4OS/c1-2-21(11-10-19)18(23)15-13-22(14-7-4-3-5-8-14)20-17(15)16-9-6-12-24-16/h3-9,12-13H,2,11H2,1H3. The Bertz CT molecular complexity index is 862. The second-order valence-electron chi connectivity index (χ2n) is 5.13. The number of hydrogen-bond acceptors (Lipinski definition) is 4. The van der Waals surface area contributed by atoms with Crippen LogP contribution < -0.4 is 0 Å². The van der Waals surface area contributed by atoms with Crippen LogP contribution in [0.15, 0.2) is 54.0 Å². The van der Waals surface area contributed by atoms with Gasteiger partial charge in [0.05, 0.1) is 22.2 Å². The minimum atomic E-state index is -0.176. The molecule has 0 unspecified atom stereocenters. The lowest BCUT2D eigenvalue weighted by Crippen LogP contribution is -2.31. The maximum absolute atomic E-state index is 12.9. The van der Waals surface area contributed by atoms with Gasteiger partial charge in [0.15, 0.2) is 0 Å². The highest BCUT2D eigenvalue weighted by Crippen LogP contribution is 2.28. The molecule has 0 fully saturated rings. The van der Waals surface area contributed by atoms with Crippen molar-refractivity contribution in [2.24, 2.45) is 0 Å². The number of para-hydroxylation sites is 1. The predicted octanol–water partition coefficient (Wildman–Crippen LogP) is 3.59. The summed E-state index contributed by atoms with van der Waals surface area (Å²) in [5.74, 6) is -0.176. The molecule has 0 spiro atoms. The predicted molar refractivity (Wildman–Crippen MR) is 94.1 cm³/mol. The first kappa shape index (κ1) is 16.0. The minimum Gasteiger partial charge on any atom is -0.325 e. The number of hydrogen-bond donors (Lipinski definition) is 0. The topological polar surface area (TPSA) is 61.9 Å². The second kappa shape index (κ2) is 7.11. The molecule has 0 saturated heterocycles. The van der Waals surface area contributed by atoms with E-state index in [9.17, 15) is 4.79 Å². The maximum Gasteiger partial charge on any atom is 0.258 e. The molecule has 5 nitrogen and oxygen atoms in total. The van der Waals surface area contributed by atoms with Crippen molar-refractivity contribution in [3.05, 3.63) is 59.6 Å². The first-order valence-corrected chi connectivity index (χ1v) is 8.47. The van der Waals surface area contributed by atoms with Gasteiger partial charge in [-0.3, -0.25) is 4.79 Å². The Balaban J connectivity index is 2.09. The van der Waals surface area contributed by atoms with Gasteiger partial charge in [0.1, 0.15) is 12.2 Å². The van der Waals surface area contributed by atoms with Crippen LogP contribution in [-0.4, -0.2) is 33.7 Å². The Morgan fingerprint density at radius 1 is 1.29 bits per heavy atom. The number of thiophene rings is 1. The molecule has 0 atom stereocenters. The first-order chi connectivity index (χ1) is 11.7. The largest absolute Gasteiger partial charge is 0.325 e. The van der Waals surface area contributed by atoms with Gasteiger partial charge in [-0.2, -0.15) is 10.4 Å². The molecule has 2 heterocycles. The van der Waals surface area contributed by atoms with E-state index in [1.54, 1.807) is 10.9 Å². The molecule has 0 aliphatic heterocycles. The number of carbonyl (C=O) groups excluding carboxylic acids is 1. The molecule has 24 heavy (non-hydrogen) atoms. The van der Waals surface area contributed by atoms with Gasteiger partial charge in [-0.05, 0) is 30.5 Å². The van der Waals surface area contributed by atoms with Gasteiger partial charge in [-0.25, -0.2) is 4.68 Å². The van der Waals surface area contributed by atoms with Crippen LogP contribution in [0.3, 0.4) is 0 Å². The molecule has 0 aliphatic rings. The lowest BCUT2D eigenvalue weighted by molar-refractivity contribution is 0.0785. The molecule has 1 aromatic carbocycles. The van der Waals surface area contributed by atoms with Crippen molar-refractivity contribution in [1.82, 2.24) is 14.7 Å². The van der Waals surface area contributed by atoms with Crippen LogP contribution in [0, 0.1) is 11.3 Å². The molecule has 2 aromatic heterocycles. The molecule has 0 N–H and O–H groups in total. The Morgan fingerprint density at radius 3 is 2.71 bits per heavy atom. The number of aromatic nitrogens is 2. The summed E-state index contributed by atoms with van der Waals surface area (Å²) < 4.78 is 1.71. The fourth-order valence-corrected chi connectivity index (χ4v) is 3.14. The summed E-state index contributed by atoms with van der Waals surface area (Å²) in [5, 5.41) is 15.5. The van der Waals surface area contributed by atoms with Gasteiger partial charge < -0.3 is 4.90 Å². The van der Waals surface area contributed by atoms with E-state index in [1.165, 1.54) is 16.2 Å². The average molecular weight is 336 g/mol. The number of nitriles is 1. The number of benzene rings is 1. The van der Waals surface area contributed by atoms with Crippen molar-refractivity contribution in [3.63, 3.8) is 0 Å². The normalized spacial score (nSPS) is 10.3. The van der Waals surface area contributed by atoms with Gasteiger partial charge in [-0.15, -0.1) is 11.3 Å². The molecule has 0 radical (unpaired) electrons. The third-order valence-corrected chi connectivity index (χ3v) is 4.53. The van der Waals surface area contributed by atoms with Crippen LogP contribution >= 0.6 is 11.3 Å². The second-order valence-corrected chi connectivity index (χ2v) is 6.07. The highest BCUT2D eigenvalue weighted by molar-refractivity contribution is 7.13. The molecule has 0 aliphatic carbocycles. The van der Waals surface area contributed by atoms with E-state index in [0.717, 1.165) is 10.6 Å². The van der Waals surface area contributed by atoms with Crippen molar-refractivity contribution in [2.75, 3.05) is 13.1 Å². The van der Waals surface area contributed by atoms with E-state index >= 15 is 0 Å². The molecule has 3 aromatic rings. The molecule has 3 rings (SSSR count). The summed E-state index contributed by atoms with van der Waals surface area (Å²) in [5.41, 5.74) is 2.05. The fraction of sp³-hybridized carbons (Fsp3) is 0.167. The number of rotatable bonds is 5. The number of amides is 1. The zero-order valence-corrected chi connectivity index (χ0v) is 14.0. The van der Waals surface area contributed by atoms with Crippen LogP contribution in [0.1, 0.15) is 17.3 Å². The lowest BCUT2D eigenvalue weighted by atomic mass is 10.2. The van der Waals surface area contributed by atoms with Gasteiger partial charge in [-0.1, -0.05) is 24.3 Å². The number of carbonyl (C=O) groups is 1. The Morgan fingerprint density at radius 2 is 2.08 bits per heavy atom. The molecule has 120 valence electrons. The van der Waals surface area contributed by atoms with Gasteiger partial charge >= 0.3 is 0 Å². The van der Waals surface area contributed by atoms with E-state index in [-0.39, 0.29) is 12.5 Å². The first-order valence-electron chi connectivity index (χ1n) is 7.59. The zero-order chi connectivity index (χ0) is 16.9. The van der Waals surface area contributed by atoms with Crippen LogP contribution in [0.5, 0.6) is 0 Å². The number of nitrogens with zero attached hydrogens (tertiary/aromatic N) is 4. The Hall–Kier alpha value is -2.91. The smallest absolute Gasteiger partial charge is 0.258 e. The van der Waals surface area contributed by atoms with Crippen LogP contribution in [0.4, 0.5) is 0 Å². The van der Waals surface area contributed by atoms with Crippen molar-refractivity contribution in [3.8, 4) is 22.3 Å². The van der Waals surface area contributed by atoms with Crippen LogP contribution in [0.25, 0.3) is 16.3 Å². The molecule has 1 amide bonds. The highest BCUT2D eigenvalue weighted by Gasteiger charge is 2.23. The molecule has 0 saturated carbocycles. The Labute approximate surface area is 144 Å². The molecular weight excluding hydrogens is 320 g/mol. The zero-order valence-electron chi connectivity index (χ0n) is 13.2. The highest BCUT2D eigenvalue weighted by atomic mass is 32.1. The van der Waals surface area contributed by atoms with E-state index in [4.69, 9.17) is 5.26 Å². The van der Waals surface area contributed by atoms with Gasteiger partial charge in [0, 0.05) is 12.7 Å². The molecule has 6 heteroatoms. The fourth-order valence-electron chi connectivity index (χ4n) is 2.42. The SMILES string of the molecule is CCN(CC#N)C(=O)c1cn(-c2ccccc2)nc1-c1cccs1. The molecular formula is C18H16N4OS. The summed E-state index contributed by atoms with van der Waals surface area (Å²) in [4.78, 5) is 15.3. The van der Waals surface area contributed by atoms with E-state index < -0.39 is 0 Å². The van der Waals surface area contributed by atoms with E-state index in [1.807, 2.05) is 60.8 Å². The van der Waals surface area contributed by atoms with Crippen LogP contribution in [0.2, 0.25) is 0 Å². The summed E-state index contributed by atoms with van der Waals surface area (Å²) in [6, 6.07) is 15.6. The monoisotopic (exact) mass is 336 g/mol. The summed E-state index contributed by atoms with van der Waals surface area (Å²) in [7, 11) is 0. The van der Waals surface area contributed by atoms with Crippen molar-refractivity contribution >= 4 is 17.2 Å². The van der Waals surface area contributed by atoms with Crippen molar-refractivity contribution in [1.29, 1.82) is 5.26 Å². The third kappa shape index (κ3) is 3.07. The average Bonchev–Trinajstić information content (AvgIpc) is 3.29. The third-order valence-electron chi connectivity index (χ3n) is 3.65. The Kier molecular flexibility index (Phi) is 4.73. The molecule has 0 bridgehead atoms.